The van der Waals surface area contributed by atoms with Crippen LogP contribution in [0.25, 0.3) is 0 Å². The number of amides is 1. The van der Waals surface area contributed by atoms with Crippen LogP contribution in [0.4, 0.5) is 0 Å². The summed E-state index contributed by atoms with van der Waals surface area (Å²) < 4.78 is 5.92. The zero-order valence-corrected chi connectivity index (χ0v) is 18.9. The highest BCUT2D eigenvalue weighted by Crippen LogP contribution is 2.43. The minimum atomic E-state index is -1.30. The summed E-state index contributed by atoms with van der Waals surface area (Å²) in [4.78, 5) is 27.1. The standard InChI is InChI=1S/C26H29N3O4/c1-3-26(2,25(31)32)33-21-12-7-11-19(15-21)22-13-8-14-29(23(22)20-16-27-28-17-20)24(30)18-9-5-4-6-10-18/h4-7,9-12,15-17,22-23H,3,8,13-14H2,1-2H3,(H,27,28)(H,31,32). The highest BCUT2D eigenvalue weighted by molar-refractivity contribution is 5.94. The summed E-state index contributed by atoms with van der Waals surface area (Å²) in [5.41, 5.74) is 1.31. The predicted molar refractivity (Wildman–Crippen MR) is 124 cm³/mol. The van der Waals surface area contributed by atoms with Crippen molar-refractivity contribution in [1.82, 2.24) is 15.1 Å². The van der Waals surface area contributed by atoms with E-state index in [4.69, 9.17) is 4.74 Å². The quantitative estimate of drug-likeness (QED) is 0.542. The van der Waals surface area contributed by atoms with Crippen molar-refractivity contribution in [2.24, 2.45) is 0 Å². The Hall–Kier alpha value is -3.61. The SMILES string of the molecule is CCC(C)(Oc1cccc(C2CCCN(C(=O)c3ccccc3)C2c2cn[nH]c2)c1)C(=O)O. The molecule has 172 valence electrons. The molecule has 7 nitrogen and oxygen atoms in total. The van der Waals surface area contributed by atoms with Crippen LogP contribution in [0.5, 0.6) is 5.75 Å². The lowest BCUT2D eigenvalue weighted by molar-refractivity contribution is -0.154. The van der Waals surface area contributed by atoms with E-state index in [1.54, 1.807) is 26.1 Å². The third kappa shape index (κ3) is 4.62. The topological polar surface area (TPSA) is 95.5 Å². The number of carbonyl (C=O) groups is 2. The van der Waals surface area contributed by atoms with Gasteiger partial charge in [0, 0.05) is 29.8 Å². The number of piperidine rings is 1. The Morgan fingerprint density at radius 2 is 1.97 bits per heavy atom. The second kappa shape index (κ2) is 9.48. The van der Waals surface area contributed by atoms with Gasteiger partial charge in [0.15, 0.2) is 0 Å². The fourth-order valence-electron chi connectivity index (χ4n) is 4.49. The number of carboxylic acids is 1. The summed E-state index contributed by atoms with van der Waals surface area (Å²) in [6.45, 7) is 4.03. The van der Waals surface area contributed by atoms with Crippen LogP contribution in [0.2, 0.25) is 0 Å². The van der Waals surface area contributed by atoms with E-state index < -0.39 is 11.6 Å². The van der Waals surface area contributed by atoms with Crippen LogP contribution in [0, 0.1) is 0 Å². The van der Waals surface area contributed by atoms with Gasteiger partial charge in [0.05, 0.1) is 12.2 Å². The van der Waals surface area contributed by atoms with Crippen molar-refractivity contribution in [3.63, 3.8) is 0 Å². The monoisotopic (exact) mass is 447 g/mol. The Morgan fingerprint density at radius 3 is 2.64 bits per heavy atom. The Kier molecular flexibility index (Phi) is 6.49. The van der Waals surface area contributed by atoms with Crippen molar-refractivity contribution in [1.29, 1.82) is 0 Å². The third-order valence-corrected chi connectivity index (χ3v) is 6.53. The lowest BCUT2D eigenvalue weighted by Gasteiger charge is -2.41. The van der Waals surface area contributed by atoms with Crippen molar-refractivity contribution in [2.45, 2.75) is 50.7 Å². The molecule has 2 aromatic carbocycles. The molecule has 4 rings (SSSR count). The molecule has 1 aliphatic rings. The molecule has 1 fully saturated rings. The molecule has 0 saturated carbocycles. The average molecular weight is 448 g/mol. The molecule has 0 bridgehead atoms. The first-order chi connectivity index (χ1) is 15.9. The number of nitrogens with one attached hydrogen (secondary N) is 1. The van der Waals surface area contributed by atoms with E-state index in [-0.39, 0.29) is 17.9 Å². The van der Waals surface area contributed by atoms with Gasteiger partial charge in [0.25, 0.3) is 5.91 Å². The predicted octanol–water partition coefficient (Wildman–Crippen LogP) is 4.80. The highest BCUT2D eigenvalue weighted by atomic mass is 16.5. The number of aromatic nitrogens is 2. The van der Waals surface area contributed by atoms with Crippen LogP contribution in [0.1, 0.15) is 66.6 Å². The Morgan fingerprint density at radius 1 is 1.18 bits per heavy atom. The highest BCUT2D eigenvalue weighted by Gasteiger charge is 2.38. The number of aromatic amines is 1. The molecule has 1 aromatic heterocycles. The smallest absolute Gasteiger partial charge is 0.347 e. The average Bonchev–Trinajstić information content (AvgIpc) is 3.38. The normalized spacial score (nSPS) is 20.1. The number of aliphatic carboxylic acids is 1. The number of carbonyl (C=O) groups excluding carboxylic acids is 1. The molecule has 1 saturated heterocycles. The Bertz CT molecular complexity index is 1100. The molecule has 0 spiro atoms. The fraction of sp³-hybridized carbons (Fsp3) is 0.346. The first kappa shape index (κ1) is 22.6. The van der Waals surface area contributed by atoms with Crippen LogP contribution >= 0.6 is 0 Å². The molecule has 1 amide bonds. The minimum absolute atomic E-state index is 0.0108. The lowest BCUT2D eigenvalue weighted by Crippen LogP contribution is -2.42. The number of nitrogens with zero attached hydrogens (tertiary/aromatic N) is 2. The van der Waals surface area contributed by atoms with Gasteiger partial charge < -0.3 is 14.7 Å². The summed E-state index contributed by atoms with van der Waals surface area (Å²) in [5.74, 6) is -0.478. The molecule has 1 aliphatic heterocycles. The van der Waals surface area contributed by atoms with E-state index in [0.29, 0.717) is 24.3 Å². The van der Waals surface area contributed by atoms with Gasteiger partial charge in [0.2, 0.25) is 5.60 Å². The maximum absolute atomic E-state index is 13.5. The van der Waals surface area contributed by atoms with E-state index in [0.717, 1.165) is 24.0 Å². The third-order valence-electron chi connectivity index (χ3n) is 6.53. The van der Waals surface area contributed by atoms with E-state index in [2.05, 4.69) is 10.2 Å². The van der Waals surface area contributed by atoms with E-state index in [1.165, 1.54) is 0 Å². The van der Waals surface area contributed by atoms with Gasteiger partial charge in [-0.2, -0.15) is 5.10 Å². The summed E-state index contributed by atoms with van der Waals surface area (Å²) in [6, 6.07) is 16.7. The van der Waals surface area contributed by atoms with Crippen molar-refractivity contribution in [2.75, 3.05) is 6.54 Å². The zero-order chi connectivity index (χ0) is 23.4. The number of hydrogen-bond donors (Lipinski definition) is 2. The molecular formula is C26H29N3O4. The molecular weight excluding hydrogens is 418 g/mol. The van der Waals surface area contributed by atoms with E-state index >= 15 is 0 Å². The fourth-order valence-corrected chi connectivity index (χ4v) is 4.49. The maximum atomic E-state index is 13.5. The number of likely N-dealkylation sites (tertiary alicyclic amines) is 1. The minimum Gasteiger partial charge on any atom is -0.478 e. The molecule has 3 unspecified atom stereocenters. The summed E-state index contributed by atoms with van der Waals surface area (Å²) >= 11 is 0. The summed E-state index contributed by atoms with van der Waals surface area (Å²) in [5, 5.41) is 16.6. The summed E-state index contributed by atoms with van der Waals surface area (Å²) in [7, 11) is 0. The van der Waals surface area contributed by atoms with Gasteiger partial charge >= 0.3 is 5.97 Å². The molecule has 33 heavy (non-hydrogen) atoms. The number of carboxylic acid groups (broad SMARTS) is 1. The van der Waals surface area contributed by atoms with Crippen LogP contribution in [-0.4, -0.2) is 44.2 Å². The number of ether oxygens (including phenoxy) is 1. The van der Waals surface area contributed by atoms with E-state index in [1.807, 2.05) is 59.6 Å². The van der Waals surface area contributed by atoms with Crippen LogP contribution in [0.15, 0.2) is 67.0 Å². The van der Waals surface area contributed by atoms with Crippen LogP contribution in [-0.2, 0) is 4.79 Å². The lowest BCUT2D eigenvalue weighted by atomic mass is 9.80. The van der Waals surface area contributed by atoms with Crippen molar-refractivity contribution < 1.29 is 19.4 Å². The molecule has 0 radical (unpaired) electrons. The molecule has 2 heterocycles. The molecule has 0 aliphatic carbocycles. The van der Waals surface area contributed by atoms with Gasteiger partial charge in [-0.25, -0.2) is 4.79 Å². The second-order valence-corrected chi connectivity index (χ2v) is 8.65. The van der Waals surface area contributed by atoms with Gasteiger partial charge in [-0.3, -0.25) is 9.89 Å². The van der Waals surface area contributed by atoms with Gasteiger partial charge in [-0.1, -0.05) is 37.3 Å². The molecule has 3 atom stereocenters. The first-order valence-corrected chi connectivity index (χ1v) is 11.3. The number of H-pyrrole nitrogens is 1. The number of rotatable bonds is 7. The number of benzene rings is 2. The molecule has 2 N–H and O–H groups in total. The van der Waals surface area contributed by atoms with Crippen molar-refractivity contribution >= 4 is 11.9 Å². The largest absolute Gasteiger partial charge is 0.478 e. The van der Waals surface area contributed by atoms with Gasteiger partial charge in [0.1, 0.15) is 5.75 Å². The van der Waals surface area contributed by atoms with Gasteiger partial charge in [-0.05, 0) is 56.0 Å². The van der Waals surface area contributed by atoms with E-state index in [9.17, 15) is 14.7 Å². The Balaban J connectivity index is 1.69. The first-order valence-electron chi connectivity index (χ1n) is 11.3. The molecule has 3 aromatic rings. The maximum Gasteiger partial charge on any atom is 0.347 e. The summed E-state index contributed by atoms with van der Waals surface area (Å²) in [6.07, 6.45) is 5.71. The van der Waals surface area contributed by atoms with Crippen LogP contribution in [0.3, 0.4) is 0 Å². The zero-order valence-electron chi connectivity index (χ0n) is 18.9. The van der Waals surface area contributed by atoms with Crippen molar-refractivity contribution in [3.8, 4) is 5.75 Å². The Labute approximate surface area is 193 Å². The second-order valence-electron chi connectivity index (χ2n) is 8.65. The number of hydrogen-bond acceptors (Lipinski definition) is 4. The van der Waals surface area contributed by atoms with Crippen LogP contribution < -0.4 is 4.74 Å². The molecule has 7 heteroatoms. The van der Waals surface area contributed by atoms with Crippen molar-refractivity contribution in [3.05, 3.63) is 83.7 Å². The van der Waals surface area contributed by atoms with Gasteiger partial charge in [-0.15, -0.1) is 0 Å².